The average Bonchev–Trinajstić information content (AvgIpc) is 3.38. The molecule has 1 aliphatic heterocycles. The van der Waals surface area contributed by atoms with Crippen LogP contribution in [0.3, 0.4) is 0 Å². The molecule has 4 rings (SSSR count). The summed E-state index contributed by atoms with van der Waals surface area (Å²) in [7, 11) is 0. The molecule has 4 atom stereocenters. The third kappa shape index (κ3) is 5.01. The minimum atomic E-state index is -1.11. The summed E-state index contributed by atoms with van der Waals surface area (Å²) in [6.45, 7) is 3.37. The van der Waals surface area contributed by atoms with E-state index in [1.807, 2.05) is 0 Å². The molecule has 0 unspecified atom stereocenters. The van der Waals surface area contributed by atoms with E-state index in [1.54, 1.807) is 30.3 Å². The van der Waals surface area contributed by atoms with Crippen molar-refractivity contribution in [3.8, 4) is 0 Å². The first-order chi connectivity index (χ1) is 16.8. The second kappa shape index (κ2) is 9.97. The molecular formula is C23H22N4O8. The minimum Gasteiger partial charge on any atom is -0.463 e. The number of fused-ring (bicyclic) bond motifs is 1. The molecule has 2 aromatic heterocycles. The predicted octanol–water partition coefficient (Wildman–Crippen LogP) is 1.38. The number of carbonyl (C=O) groups is 4. The third-order valence-corrected chi connectivity index (χ3v) is 5.22. The smallest absolute Gasteiger partial charge is 0.303 e. The molecule has 12 nitrogen and oxygen atoms in total. The second-order valence-electron chi connectivity index (χ2n) is 7.76. The molecule has 1 aliphatic rings. The average molecular weight is 482 g/mol. The Morgan fingerprint density at radius 2 is 1.60 bits per heavy atom. The van der Waals surface area contributed by atoms with E-state index in [1.165, 1.54) is 38.0 Å². The van der Waals surface area contributed by atoms with Gasteiger partial charge in [-0.1, -0.05) is 30.3 Å². The molecule has 3 heterocycles. The lowest BCUT2D eigenvalue weighted by Gasteiger charge is -2.23. The van der Waals surface area contributed by atoms with Crippen LogP contribution in [0.4, 0.5) is 0 Å². The summed E-state index contributed by atoms with van der Waals surface area (Å²) in [6.07, 6.45) is -1.61. The van der Waals surface area contributed by atoms with Crippen molar-refractivity contribution < 1.29 is 38.1 Å². The van der Waals surface area contributed by atoms with Gasteiger partial charge < -0.3 is 18.9 Å². The SMILES string of the molecule is CC(=O)OC[C@H]1O[C@@H](n2cnc3c(C(=O)c4ccccc4)ncnc32)[C@H](OC(C)=O)[C@@H]1OC(C)=O. The van der Waals surface area contributed by atoms with Gasteiger partial charge in [-0.25, -0.2) is 15.0 Å². The van der Waals surface area contributed by atoms with Crippen molar-refractivity contribution in [2.45, 2.75) is 45.3 Å². The number of carbonyl (C=O) groups excluding carboxylic acids is 4. The van der Waals surface area contributed by atoms with E-state index in [-0.39, 0.29) is 29.2 Å². The van der Waals surface area contributed by atoms with Gasteiger partial charge in [0.05, 0.1) is 6.33 Å². The van der Waals surface area contributed by atoms with E-state index in [0.717, 1.165) is 0 Å². The first-order valence-corrected chi connectivity index (χ1v) is 10.7. The Bertz CT molecular complexity index is 1280. The van der Waals surface area contributed by atoms with Crippen LogP contribution in [0.15, 0.2) is 43.0 Å². The summed E-state index contributed by atoms with van der Waals surface area (Å²) in [6, 6.07) is 8.58. The van der Waals surface area contributed by atoms with Crippen molar-refractivity contribution in [3.05, 3.63) is 54.2 Å². The van der Waals surface area contributed by atoms with Crippen LogP contribution in [0.25, 0.3) is 11.2 Å². The fourth-order valence-electron chi connectivity index (χ4n) is 3.85. The molecule has 35 heavy (non-hydrogen) atoms. The van der Waals surface area contributed by atoms with E-state index in [4.69, 9.17) is 18.9 Å². The zero-order chi connectivity index (χ0) is 25.1. The van der Waals surface area contributed by atoms with E-state index in [0.29, 0.717) is 5.56 Å². The van der Waals surface area contributed by atoms with Gasteiger partial charge in [-0.3, -0.25) is 23.7 Å². The number of ketones is 1. The lowest BCUT2D eigenvalue weighted by atomic mass is 10.1. The highest BCUT2D eigenvalue weighted by molar-refractivity contribution is 6.13. The number of benzene rings is 1. The van der Waals surface area contributed by atoms with Crippen LogP contribution in [0.2, 0.25) is 0 Å². The first-order valence-electron chi connectivity index (χ1n) is 10.7. The van der Waals surface area contributed by atoms with Gasteiger partial charge >= 0.3 is 17.9 Å². The zero-order valence-corrected chi connectivity index (χ0v) is 19.1. The molecule has 1 saturated heterocycles. The summed E-state index contributed by atoms with van der Waals surface area (Å²) >= 11 is 0. The largest absolute Gasteiger partial charge is 0.463 e. The maximum absolute atomic E-state index is 13.0. The number of hydrogen-bond acceptors (Lipinski definition) is 11. The lowest BCUT2D eigenvalue weighted by Crippen LogP contribution is -2.40. The van der Waals surface area contributed by atoms with Gasteiger partial charge in [0, 0.05) is 26.3 Å². The monoisotopic (exact) mass is 482 g/mol. The molecule has 1 aromatic carbocycles. The predicted molar refractivity (Wildman–Crippen MR) is 117 cm³/mol. The molecular weight excluding hydrogens is 460 g/mol. The van der Waals surface area contributed by atoms with E-state index < -0.39 is 42.4 Å². The quantitative estimate of drug-likeness (QED) is 0.273. The van der Waals surface area contributed by atoms with Gasteiger partial charge in [-0.15, -0.1) is 0 Å². The number of rotatable bonds is 7. The van der Waals surface area contributed by atoms with E-state index in [9.17, 15) is 19.2 Å². The maximum atomic E-state index is 13.0. The highest BCUT2D eigenvalue weighted by Gasteiger charge is 2.51. The van der Waals surface area contributed by atoms with Gasteiger partial charge in [-0.2, -0.15) is 0 Å². The Morgan fingerprint density at radius 1 is 0.914 bits per heavy atom. The van der Waals surface area contributed by atoms with Gasteiger partial charge in [0.1, 0.15) is 30.2 Å². The maximum Gasteiger partial charge on any atom is 0.303 e. The first kappa shape index (κ1) is 24.0. The Labute approximate surface area is 199 Å². The number of imidazole rings is 1. The molecule has 12 heteroatoms. The summed E-state index contributed by atoms with van der Waals surface area (Å²) in [4.78, 5) is 60.7. The minimum absolute atomic E-state index is 0.0787. The molecule has 3 aromatic rings. The molecule has 0 spiro atoms. The number of aromatic nitrogens is 4. The van der Waals surface area contributed by atoms with Gasteiger partial charge in [0.2, 0.25) is 5.78 Å². The molecule has 0 N–H and O–H groups in total. The van der Waals surface area contributed by atoms with Crippen LogP contribution < -0.4 is 0 Å². The summed E-state index contributed by atoms with van der Waals surface area (Å²) in [5, 5.41) is 0. The van der Waals surface area contributed by atoms with Crippen LogP contribution in [0, 0.1) is 0 Å². The van der Waals surface area contributed by atoms with Crippen LogP contribution in [-0.4, -0.2) is 68.1 Å². The fourth-order valence-corrected chi connectivity index (χ4v) is 3.85. The van der Waals surface area contributed by atoms with Crippen LogP contribution in [-0.2, 0) is 33.3 Å². The van der Waals surface area contributed by atoms with Crippen molar-refractivity contribution in [1.29, 1.82) is 0 Å². The molecule has 0 radical (unpaired) electrons. The van der Waals surface area contributed by atoms with E-state index >= 15 is 0 Å². The number of nitrogens with zero attached hydrogens (tertiary/aromatic N) is 4. The van der Waals surface area contributed by atoms with Crippen molar-refractivity contribution >= 4 is 34.9 Å². The molecule has 0 amide bonds. The zero-order valence-electron chi connectivity index (χ0n) is 19.1. The lowest BCUT2D eigenvalue weighted by molar-refractivity contribution is -0.166. The third-order valence-electron chi connectivity index (χ3n) is 5.22. The highest BCUT2D eigenvalue weighted by atomic mass is 16.7. The van der Waals surface area contributed by atoms with Crippen molar-refractivity contribution in [2.24, 2.45) is 0 Å². The van der Waals surface area contributed by atoms with Crippen molar-refractivity contribution in [2.75, 3.05) is 6.61 Å². The highest BCUT2D eigenvalue weighted by Crippen LogP contribution is 2.36. The van der Waals surface area contributed by atoms with E-state index in [2.05, 4.69) is 15.0 Å². The van der Waals surface area contributed by atoms with Crippen LogP contribution in [0.5, 0.6) is 0 Å². The van der Waals surface area contributed by atoms with Crippen LogP contribution >= 0.6 is 0 Å². The molecule has 182 valence electrons. The topological polar surface area (TPSA) is 149 Å². The van der Waals surface area contributed by atoms with Gasteiger partial charge in [0.15, 0.2) is 24.1 Å². The number of esters is 3. The van der Waals surface area contributed by atoms with Crippen LogP contribution in [0.1, 0.15) is 43.1 Å². The summed E-state index contributed by atoms with van der Waals surface area (Å²) < 4.78 is 23.4. The Hall–Kier alpha value is -4.19. The van der Waals surface area contributed by atoms with Crippen molar-refractivity contribution in [3.63, 3.8) is 0 Å². The normalized spacial score (nSPS) is 21.5. The van der Waals surface area contributed by atoms with Gasteiger partial charge in [0.25, 0.3) is 0 Å². The fraction of sp³-hybridized carbons (Fsp3) is 0.348. The summed E-state index contributed by atoms with van der Waals surface area (Å²) in [5.41, 5.74) is 0.943. The standard InChI is InChI=1S/C23H22N4O8/c1-12(28)32-9-16-20(33-13(2)29)21(34-14(3)30)23(35-16)27-11-26-18-17(24-10-25-22(18)27)19(31)15-7-5-4-6-8-15/h4-8,10-11,16,20-21,23H,9H2,1-3H3/t16-,20-,21-,23-/m1/s1. The molecule has 0 aliphatic carbocycles. The Balaban J connectivity index is 1.75. The molecule has 0 bridgehead atoms. The Kier molecular flexibility index (Phi) is 6.82. The second-order valence-corrected chi connectivity index (χ2v) is 7.76. The van der Waals surface area contributed by atoms with Crippen molar-refractivity contribution in [1.82, 2.24) is 19.5 Å². The molecule has 1 fully saturated rings. The number of hydrogen-bond donors (Lipinski definition) is 0. The Morgan fingerprint density at radius 3 is 2.26 bits per heavy atom. The number of ether oxygens (including phenoxy) is 4. The van der Waals surface area contributed by atoms with Gasteiger partial charge in [-0.05, 0) is 0 Å². The summed E-state index contributed by atoms with van der Waals surface area (Å²) in [5.74, 6) is -2.20. The molecule has 0 saturated carbocycles.